The Hall–Kier alpha value is -0.600. The van der Waals surface area contributed by atoms with E-state index < -0.39 is 13.0 Å². The van der Waals surface area contributed by atoms with Gasteiger partial charge in [0.1, 0.15) is 0 Å². The van der Waals surface area contributed by atoms with Gasteiger partial charge in [-0.05, 0) is 0 Å². The van der Waals surface area contributed by atoms with Gasteiger partial charge >= 0.3 is 99.4 Å². The van der Waals surface area contributed by atoms with Crippen molar-refractivity contribution in [3.8, 4) is 0 Å². The first-order valence-electron chi connectivity index (χ1n) is 5.87. The molecular formula is C12H17F3NP. The number of piperidine rings is 1. The summed E-state index contributed by atoms with van der Waals surface area (Å²) in [5.74, 6) is 0.135. The Morgan fingerprint density at radius 2 is 1.82 bits per heavy atom. The van der Waals surface area contributed by atoms with Crippen molar-refractivity contribution in [2.45, 2.75) is 19.8 Å². The Morgan fingerprint density at radius 1 is 1.18 bits per heavy atom. The average Bonchev–Trinajstić information content (AvgIpc) is 2.30. The fraction of sp³-hybridized carbons (Fsp3) is 0.500. The van der Waals surface area contributed by atoms with E-state index in [4.69, 9.17) is 0 Å². The molecule has 17 heavy (non-hydrogen) atoms. The number of rotatable bonds is 2. The predicted octanol–water partition coefficient (Wildman–Crippen LogP) is 4.17. The van der Waals surface area contributed by atoms with E-state index in [1.807, 2.05) is 6.92 Å². The molecule has 1 aliphatic heterocycles. The Morgan fingerprint density at radius 3 is 2.41 bits per heavy atom. The van der Waals surface area contributed by atoms with Crippen molar-refractivity contribution >= 4 is 13.0 Å². The first-order valence-corrected chi connectivity index (χ1v) is 7.73. The van der Waals surface area contributed by atoms with Crippen LogP contribution in [-0.4, -0.2) is 17.8 Å². The standard InChI is InChI=1S/C12H17F3NP/c1-11-6-5-9-16(10-11)17(13,14,15)12-7-3-2-4-8-12/h2-4,7-8,11H,5-6,9-10H2,1H3. The van der Waals surface area contributed by atoms with E-state index in [1.165, 1.54) is 24.3 Å². The number of nitrogens with zero attached hydrogens (tertiary/aromatic N) is 1. The van der Waals surface area contributed by atoms with Crippen LogP contribution in [0, 0.1) is 5.92 Å². The molecule has 0 amide bonds. The van der Waals surface area contributed by atoms with E-state index in [0.29, 0.717) is 6.42 Å². The Labute approximate surface area is 100.0 Å². The molecule has 1 aromatic rings. The minimum atomic E-state index is -6.37. The molecule has 0 N–H and O–H groups in total. The molecule has 0 spiro atoms. The summed E-state index contributed by atoms with van der Waals surface area (Å²) < 4.78 is 43.7. The van der Waals surface area contributed by atoms with Crippen molar-refractivity contribution in [3.05, 3.63) is 30.3 Å². The zero-order chi connectivity index (χ0) is 12.5. The Kier molecular flexibility index (Phi) is 3.21. The average molecular weight is 263 g/mol. The van der Waals surface area contributed by atoms with Gasteiger partial charge in [-0.25, -0.2) is 0 Å². The summed E-state index contributed by atoms with van der Waals surface area (Å²) >= 11 is 0. The van der Waals surface area contributed by atoms with Crippen molar-refractivity contribution < 1.29 is 12.6 Å². The molecule has 2 rings (SSSR count). The molecule has 1 fully saturated rings. The maximum absolute atomic E-state index is 14.3. The van der Waals surface area contributed by atoms with Gasteiger partial charge in [0.15, 0.2) is 0 Å². The molecule has 0 radical (unpaired) electrons. The van der Waals surface area contributed by atoms with Crippen LogP contribution in [0.4, 0.5) is 12.6 Å². The van der Waals surface area contributed by atoms with Crippen LogP contribution in [0.1, 0.15) is 19.8 Å². The van der Waals surface area contributed by atoms with E-state index in [1.54, 1.807) is 6.07 Å². The molecule has 0 saturated carbocycles. The third kappa shape index (κ3) is 2.48. The van der Waals surface area contributed by atoms with Crippen molar-refractivity contribution in [2.24, 2.45) is 5.92 Å². The SMILES string of the molecule is CC1CCCN(P(F)(F)(F)c2ccccc2)C1. The zero-order valence-electron chi connectivity index (χ0n) is 9.82. The molecule has 1 unspecified atom stereocenters. The van der Waals surface area contributed by atoms with Crippen LogP contribution in [-0.2, 0) is 0 Å². The fourth-order valence-corrected chi connectivity index (χ4v) is 4.27. The number of halogens is 3. The summed E-state index contributed by atoms with van der Waals surface area (Å²) in [5, 5.41) is -0.451. The zero-order valence-corrected chi connectivity index (χ0v) is 10.7. The number of benzene rings is 1. The van der Waals surface area contributed by atoms with Crippen LogP contribution < -0.4 is 5.30 Å². The molecule has 1 saturated heterocycles. The maximum atomic E-state index is 14.3. The molecule has 1 aromatic carbocycles. The second-order valence-electron chi connectivity index (χ2n) is 4.77. The topological polar surface area (TPSA) is 3.24 Å². The van der Waals surface area contributed by atoms with Gasteiger partial charge in [0.2, 0.25) is 0 Å². The molecule has 0 bridgehead atoms. The van der Waals surface area contributed by atoms with Crippen molar-refractivity contribution in [3.63, 3.8) is 0 Å². The summed E-state index contributed by atoms with van der Waals surface area (Å²) in [6.07, 6.45) is 1.54. The first kappa shape index (κ1) is 12.8. The van der Waals surface area contributed by atoms with Crippen LogP contribution in [0.15, 0.2) is 30.3 Å². The molecule has 5 heteroatoms. The van der Waals surface area contributed by atoms with Crippen molar-refractivity contribution in [2.75, 3.05) is 13.1 Å². The molecule has 96 valence electrons. The Bertz CT molecular complexity index is 388. The molecule has 0 aliphatic carbocycles. The number of hydrogen-bond donors (Lipinski definition) is 0. The van der Waals surface area contributed by atoms with Gasteiger partial charge in [-0.1, -0.05) is 0 Å². The van der Waals surface area contributed by atoms with Gasteiger partial charge < -0.3 is 0 Å². The van der Waals surface area contributed by atoms with Crippen molar-refractivity contribution in [1.82, 2.24) is 4.67 Å². The molecule has 1 nitrogen and oxygen atoms in total. The first-order chi connectivity index (χ1) is 7.88. The molecule has 0 aromatic heterocycles. The van der Waals surface area contributed by atoms with E-state index in [2.05, 4.69) is 0 Å². The van der Waals surface area contributed by atoms with E-state index in [0.717, 1.165) is 11.1 Å². The summed E-state index contributed by atoms with van der Waals surface area (Å²) in [5.41, 5.74) is 0. The monoisotopic (exact) mass is 263 g/mol. The predicted molar refractivity (Wildman–Crippen MR) is 66.3 cm³/mol. The van der Waals surface area contributed by atoms with Gasteiger partial charge in [0.05, 0.1) is 0 Å². The molecule has 1 heterocycles. The third-order valence-corrected chi connectivity index (χ3v) is 5.66. The molecule has 1 aliphatic rings. The second-order valence-corrected chi connectivity index (χ2v) is 7.39. The summed E-state index contributed by atoms with van der Waals surface area (Å²) in [4.78, 5) is 0. The van der Waals surface area contributed by atoms with Crippen LogP contribution in [0.3, 0.4) is 0 Å². The van der Waals surface area contributed by atoms with Crippen molar-refractivity contribution in [1.29, 1.82) is 0 Å². The Balaban J connectivity index is 2.32. The number of hydrogen-bond acceptors (Lipinski definition) is 1. The van der Waals surface area contributed by atoms with Gasteiger partial charge in [0.25, 0.3) is 0 Å². The second kappa shape index (κ2) is 4.25. The van der Waals surface area contributed by atoms with Gasteiger partial charge in [-0.3, -0.25) is 0 Å². The normalized spacial score (nSPS) is 25.2. The fourth-order valence-electron chi connectivity index (χ4n) is 2.29. The quantitative estimate of drug-likeness (QED) is 0.724. The van der Waals surface area contributed by atoms with Crippen LogP contribution in [0.2, 0.25) is 0 Å². The van der Waals surface area contributed by atoms with Gasteiger partial charge in [0, 0.05) is 0 Å². The van der Waals surface area contributed by atoms with Gasteiger partial charge in [-0.2, -0.15) is 0 Å². The third-order valence-electron chi connectivity index (χ3n) is 3.26. The molecular weight excluding hydrogens is 246 g/mol. The van der Waals surface area contributed by atoms with E-state index in [9.17, 15) is 12.6 Å². The van der Waals surface area contributed by atoms with Crippen LogP contribution in [0.25, 0.3) is 0 Å². The summed E-state index contributed by atoms with van der Waals surface area (Å²) in [7, 11) is -6.37. The van der Waals surface area contributed by atoms with Crippen LogP contribution >= 0.6 is 7.69 Å². The summed E-state index contributed by atoms with van der Waals surface area (Å²) in [6, 6.07) is 6.93. The van der Waals surface area contributed by atoms with Gasteiger partial charge in [-0.15, -0.1) is 0 Å². The molecule has 1 atom stereocenters. The minimum absolute atomic E-state index is 0.135. The van der Waals surface area contributed by atoms with Crippen LogP contribution in [0.5, 0.6) is 0 Å². The van der Waals surface area contributed by atoms with E-state index in [-0.39, 0.29) is 19.0 Å². The summed E-state index contributed by atoms with van der Waals surface area (Å²) in [6.45, 7) is 2.19. The van der Waals surface area contributed by atoms with E-state index >= 15 is 0 Å².